The molecule has 0 bridgehead atoms. The summed E-state index contributed by atoms with van der Waals surface area (Å²) in [5.41, 5.74) is 4.64. The van der Waals surface area contributed by atoms with Crippen LogP contribution in [0.4, 0.5) is 0 Å². The maximum absolute atomic E-state index is 11.6. The highest BCUT2D eigenvalue weighted by atomic mass is 35.5. The van der Waals surface area contributed by atoms with E-state index in [0.717, 1.165) is 16.8 Å². The molecule has 0 unspecified atom stereocenters. The lowest BCUT2D eigenvalue weighted by Crippen LogP contribution is -2.11. The average Bonchev–Trinajstić information content (AvgIpc) is 3.20. The molecule has 0 aliphatic heterocycles. The van der Waals surface area contributed by atoms with Gasteiger partial charge in [-0.2, -0.15) is 0 Å². The Morgan fingerprint density at radius 2 is 1.76 bits per heavy atom. The topological polar surface area (TPSA) is 83.1 Å². The Hall–Kier alpha value is -2.78. The largest absolute Gasteiger partial charge is 0.487 e. The quantitative estimate of drug-likeness (QED) is 0.114. The molecule has 0 aliphatic carbocycles. The smallest absolute Gasteiger partial charge is 0.220 e. The van der Waals surface area contributed by atoms with Crippen LogP contribution < -0.4 is 4.74 Å². The summed E-state index contributed by atoms with van der Waals surface area (Å²) in [6.45, 7) is 5.81. The van der Waals surface area contributed by atoms with Crippen molar-refractivity contribution in [3.8, 4) is 11.4 Å². The van der Waals surface area contributed by atoms with Gasteiger partial charge in [-0.3, -0.25) is 14.7 Å². The molecule has 1 aromatic heterocycles. The van der Waals surface area contributed by atoms with Crippen molar-refractivity contribution in [2.45, 2.75) is 37.8 Å². The molecule has 0 amide bonds. The molecule has 0 radical (unpaired) electrons. The van der Waals surface area contributed by atoms with Gasteiger partial charge >= 0.3 is 0 Å². The van der Waals surface area contributed by atoms with E-state index >= 15 is 0 Å². The van der Waals surface area contributed by atoms with Gasteiger partial charge in [0, 0.05) is 26.2 Å². The van der Waals surface area contributed by atoms with Crippen molar-refractivity contribution in [3.63, 3.8) is 0 Å². The first-order valence-electron chi connectivity index (χ1n) is 11.3. The zero-order valence-electron chi connectivity index (χ0n) is 20.2. The molecule has 1 atom stereocenters. The first-order valence-corrected chi connectivity index (χ1v) is 13.3. The third-order valence-corrected chi connectivity index (χ3v) is 7.90. The molecule has 192 valence electrons. The molecule has 11 heteroatoms. The summed E-state index contributed by atoms with van der Waals surface area (Å²) in [6.07, 6.45) is 0. The Bertz CT molecular complexity index is 1460. The lowest BCUT2D eigenvalue weighted by molar-refractivity contribution is -0.479. The number of rotatable bonds is 9. The van der Waals surface area contributed by atoms with Crippen LogP contribution in [0.15, 0.2) is 59.8 Å². The van der Waals surface area contributed by atoms with Crippen LogP contribution in [-0.2, 0) is 6.61 Å². The minimum atomic E-state index is -0.554. The van der Waals surface area contributed by atoms with E-state index in [9.17, 15) is 10.1 Å². The van der Waals surface area contributed by atoms with Crippen molar-refractivity contribution >= 4 is 46.6 Å². The second-order valence-corrected chi connectivity index (χ2v) is 10.9. The summed E-state index contributed by atoms with van der Waals surface area (Å²) in [4.78, 5) is 11.2. The van der Waals surface area contributed by atoms with Crippen LogP contribution in [0.1, 0.15) is 33.3 Å². The number of aromatic nitrogens is 3. The van der Waals surface area contributed by atoms with Crippen LogP contribution in [0.2, 0.25) is 15.1 Å². The highest BCUT2D eigenvalue weighted by Gasteiger charge is 2.25. The number of thioether (sulfide) groups is 1. The van der Waals surface area contributed by atoms with Gasteiger partial charge in [-0.05, 0) is 73.9 Å². The maximum atomic E-state index is 11.6. The summed E-state index contributed by atoms with van der Waals surface area (Å²) in [7, 11) is 0. The Balaban J connectivity index is 1.58. The minimum absolute atomic E-state index is 0.195. The summed E-state index contributed by atoms with van der Waals surface area (Å²) < 4.78 is 7.75. The molecule has 0 saturated heterocycles. The molecule has 0 spiro atoms. The van der Waals surface area contributed by atoms with Gasteiger partial charge < -0.3 is 4.74 Å². The van der Waals surface area contributed by atoms with Gasteiger partial charge in [0.25, 0.3) is 0 Å². The maximum Gasteiger partial charge on any atom is 0.220 e. The zero-order chi connectivity index (χ0) is 26.7. The number of nitrogens with zero attached hydrogens (tertiary/aromatic N) is 4. The van der Waals surface area contributed by atoms with E-state index in [4.69, 9.17) is 39.5 Å². The number of aryl methyl sites for hydroxylation is 3. The van der Waals surface area contributed by atoms with E-state index in [-0.39, 0.29) is 18.1 Å². The first-order chi connectivity index (χ1) is 17.6. The average molecular weight is 578 g/mol. The third-order valence-electron chi connectivity index (χ3n) is 5.83. The molecule has 0 fully saturated rings. The van der Waals surface area contributed by atoms with Crippen LogP contribution >= 0.6 is 46.6 Å². The van der Waals surface area contributed by atoms with Crippen molar-refractivity contribution in [1.82, 2.24) is 14.8 Å². The van der Waals surface area contributed by atoms with E-state index < -0.39 is 5.25 Å². The second kappa shape index (κ2) is 11.7. The minimum Gasteiger partial charge on any atom is -0.487 e. The van der Waals surface area contributed by atoms with Crippen LogP contribution in [0.25, 0.3) is 5.69 Å². The molecular weight excluding hydrogens is 555 g/mol. The fraction of sp³-hybridized carbons (Fsp3) is 0.231. The van der Waals surface area contributed by atoms with Gasteiger partial charge in [-0.1, -0.05) is 64.8 Å². The monoisotopic (exact) mass is 576 g/mol. The highest BCUT2D eigenvalue weighted by Crippen LogP contribution is 2.39. The summed E-state index contributed by atoms with van der Waals surface area (Å²) in [5.74, 6) is 1.13. The van der Waals surface area contributed by atoms with Crippen molar-refractivity contribution in [2.75, 3.05) is 6.54 Å². The van der Waals surface area contributed by atoms with Crippen LogP contribution in [0.5, 0.6) is 5.75 Å². The number of hydrogen-bond donors (Lipinski definition) is 0. The summed E-state index contributed by atoms with van der Waals surface area (Å²) in [6, 6.07) is 16.4. The molecule has 0 N–H and O–H groups in total. The Morgan fingerprint density at radius 3 is 2.43 bits per heavy atom. The van der Waals surface area contributed by atoms with Crippen LogP contribution in [-0.4, -0.2) is 26.2 Å². The molecule has 0 saturated carbocycles. The third kappa shape index (κ3) is 6.57. The van der Waals surface area contributed by atoms with Gasteiger partial charge in [-0.25, -0.2) is 0 Å². The summed E-state index contributed by atoms with van der Waals surface area (Å²) >= 11 is 20.0. The molecule has 4 rings (SSSR count). The fourth-order valence-corrected chi connectivity index (χ4v) is 5.55. The molecule has 7 nitrogen and oxygen atoms in total. The predicted molar refractivity (Wildman–Crippen MR) is 148 cm³/mol. The Kier molecular flexibility index (Phi) is 8.64. The Labute approximate surface area is 233 Å². The van der Waals surface area contributed by atoms with Crippen molar-refractivity contribution < 1.29 is 9.66 Å². The fourth-order valence-electron chi connectivity index (χ4n) is 3.68. The molecule has 4 aromatic rings. The van der Waals surface area contributed by atoms with E-state index in [1.54, 1.807) is 36.4 Å². The first kappa shape index (κ1) is 27.3. The number of benzene rings is 3. The molecule has 37 heavy (non-hydrogen) atoms. The standard InChI is InChI=1S/C26H23Cl3N4O3S/c1-15-4-8-21(10-16(15)2)33-17(3)30-31-26(33)37-25(13-32(34)35)18-6-9-24(23(29)11-18)36-14-19-5-7-20(27)12-22(19)28/h4-12,25H,13-14H2,1-3H3/t25-/m1/s1. The second-order valence-electron chi connectivity index (χ2n) is 8.47. The molecular formula is C26H23Cl3N4O3S. The molecule has 0 aliphatic rings. The molecule has 1 heterocycles. The predicted octanol–water partition coefficient (Wildman–Crippen LogP) is 7.84. The van der Waals surface area contributed by atoms with E-state index in [1.165, 1.54) is 17.3 Å². The lowest BCUT2D eigenvalue weighted by Gasteiger charge is -2.16. The normalized spacial score (nSPS) is 11.9. The SMILES string of the molecule is Cc1ccc(-n2c(C)nnc2S[C@H](C[N+](=O)[O-])c2ccc(OCc3ccc(Cl)cc3Cl)c(Cl)c2)cc1C. The van der Waals surface area contributed by atoms with Crippen LogP contribution in [0, 0.1) is 30.9 Å². The highest BCUT2D eigenvalue weighted by molar-refractivity contribution is 7.99. The van der Waals surface area contributed by atoms with Crippen molar-refractivity contribution in [2.24, 2.45) is 0 Å². The van der Waals surface area contributed by atoms with Gasteiger partial charge in [-0.15, -0.1) is 10.2 Å². The van der Waals surface area contributed by atoms with Gasteiger partial charge in [0.05, 0.1) is 5.02 Å². The molecule has 3 aromatic carbocycles. The van der Waals surface area contributed by atoms with Crippen molar-refractivity contribution in [3.05, 3.63) is 108 Å². The number of ether oxygens (including phenoxy) is 1. The van der Waals surface area contributed by atoms with Gasteiger partial charge in [0.2, 0.25) is 6.54 Å². The van der Waals surface area contributed by atoms with E-state index in [0.29, 0.717) is 37.4 Å². The Morgan fingerprint density at radius 1 is 0.973 bits per heavy atom. The lowest BCUT2D eigenvalue weighted by atomic mass is 10.1. The van der Waals surface area contributed by atoms with Crippen LogP contribution in [0.3, 0.4) is 0 Å². The van der Waals surface area contributed by atoms with Gasteiger partial charge in [0.15, 0.2) is 5.16 Å². The van der Waals surface area contributed by atoms with Gasteiger partial charge in [0.1, 0.15) is 23.4 Å². The van der Waals surface area contributed by atoms with E-state index in [2.05, 4.69) is 10.2 Å². The zero-order valence-corrected chi connectivity index (χ0v) is 23.3. The number of hydrogen-bond acceptors (Lipinski definition) is 6. The summed E-state index contributed by atoms with van der Waals surface area (Å²) in [5, 5.41) is 21.5. The van der Waals surface area contributed by atoms with E-state index in [1.807, 2.05) is 43.5 Å². The van der Waals surface area contributed by atoms with Crippen molar-refractivity contribution in [1.29, 1.82) is 0 Å². The number of halogens is 3. The number of nitro groups is 1.